The SMILES string of the molecule is CCCCCCCCCCCCCCCCCCCCCCC(=O)OC[C@H](COP(=O)(O)OC[C@@H](O)COP(=O)(O)OC[C@@H](COC(=O)CCCCCCC)OC(=O)CCCCCCC)OC(=O)CCCCCCCCCCCCCCCCCCCCC(C)CC. The first-order chi connectivity index (χ1) is 44.6. The highest BCUT2D eigenvalue weighted by Gasteiger charge is 2.30. The van der Waals surface area contributed by atoms with Crippen molar-refractivity contribution in [2.45, 2.75) is 400 Å². The molecule has 6 atom stereocenters. The summed E-state index contributed by atoms with van der Waals surface area (Å²) in [7, 11) is -9.88. The average Bonchev–Trinajstić information content (AvgIpc) is 3.66. The number of esters is 4. The van der Waals surface area contributed by atoms with Gasteiger partial charge in [0.05, 0.1) is 26.4 Å². The van der Waals surface area contributed by atoms with E-state index in [1.165, 1.54) is 199 Å². The molecule has 0 fully saturated rings. The second kappa shape index (κ2) is 66.3. The quantitative estimate of drug-likeness (QED) is 0.0222. The highest BCUT2D eigenvalue weighted by molar-refractivity contribution is 7.47. The maximum absolute atomic E-state index is 13.1. The van der Waals surface area contributed by atoms with Gasteiger partial charge in [0.2, 0.25) is 0 Å². The van der Waals surface area contributed by atoms with E-state index >= 15 is 0 Å². The number of unbranched alkanes of at least 4 members (excludes halogenated alkanes) is 44. The van der Waals surface area contributed by atoms with Crippen molar-refractivity contribution in [3.8, 4) is 0 Å². The Morgan fingerprint density at radius 1 is 0.304 bits per heavy atom. The Morgan fingerprint density at radius 2 is 0.522 bits per heavy atom. The molecule has 3 N–H and O–H groups in total. The zero-order valence-electron chi connectivity index (χ0n) is 59.7. The van der Waals surface area contributed by atoms with Gasteiger partial charge in [0.25, 0.3) is 0 Å². The van der Waals surface area contributed by atoms with E-state index < -0.39 is 97.5 Å². The van der Waals surface area contributed by atoms with Crippen molar-refractivity contribution >= 4 is 39.5 Å². The summed E-state index contributed by atoms with van der Waals surface area (Å²) in [6.07, 6.45) is 55.3. The van der Waals surface area contributed by atoms with Crippen molar-refractivity contribution in [2.75, 3.05) is 39.6 Å². The molecule has 0 saturated carbocycles. The number of hydrogen-bond acceptors (Lipinski definition) is 15. The minimum Gasteiger partial charge on any atom is -0.462 e. The van der Waals surface area contributed by atoms with Crippen LogP contribution in [0.4, 0.5) is 0 Å². The summed E-state index contributed by atoms with van der Waals surface area (Å²) in [6.45, 7) is 7.14. The summed E-state index contributed by atoms with van der Waals surface area (Å²) in [5.41, 5.74) is 0. The van der Waals surface area contributed by atoms with Crippen molar-refractivity contribution in [1.82, 2.24) is 0 Å². The third-order valence-electron chi connectivity index (χ3n) is 17.4. The molecule has 0 bridgehead atoms. The van der Waals surface area contributed by atoms with Crippen LogP contribution in [0.25, 0.3) is 0 Å². The first-order valence-electron chi connectivity index (χ1n) is 38.2. The van der Waals surface area contributed by atoms with Crippen LogP contribution >= 0.6 is 15.6 Å². The molecule has 0 aromatic carbocycles. The smallest absolute Gasteiger partial charge is 0.462 e. The zero-order chi connectivity index (χ0) is 67.7. The lowest BCUT2D eigenvalue weighted by molar-refractivity contribution is -0.161. The number of aliphatic hydroxyl groups is 1. The van der Waals surface area contributed by atoms with Crippen LogP contribution in [0.15, 0.2) is 0 Å². The maximum Gasteiger partial charge on any atom is 0.472 e. The summed E-state index contributed by atoms with van der Waals surface area (Å²) < 4.78 is 67.8. The molecule has 19 heteroatoms. The van der Waals surface area contributed by atoms with E-state index in [2.05, 4.69) is 34.6 Å². The Bertz CT molecular complexity index is 1770. The third kappa shape index (κ3) is 65.4. The molecule has 0 radical (unpaired) electrons. The molecule has 0 amide bonds. The number of phosphoric acid groups is 2. The molecular formula is C73H142O17P2. The van der Waals surface area contributed by atoms with Gasteiger partial charge in [-0.1, -0.05) is 330 Å². The Kier molecular flexibility index (Phi) is 64.9. The van der Waals surface area contributed by atoms with Crippen molar-refractivity contribution < 1.29 is 80.2 Å². The van der Waals surface area contributed by atoms with Crippen LogP contribution in [0.5, 0.6) is 0 Å². The molecule has 546 valence electrons. The van der Waals surface area contributed by atoms with E-state index in [4.69, 9.17) is 37.0 Å². The molecule has 0 heterocycles. The van der Waals surface area contributed by atoms with E-state index in [1.807, 2.05) is 0 Å². The lowest BCUT2D eigenvalue weighted by Gasteiger charge is -2.21. The molecule has 0 spiro atoms. The Labute approximate surface area is 562 Å². The fourth-order valence-electron chi connectivity index (χ4n) is 11.1. The zero-order valence-corrected chi connectivity index (χ0v) is 61.5. The van der Waals surface area contributed by atoms with Gasteiger partial charge in [-0.3, -0.25) is 37.3 Å². The molecule has 0 aliphatic carbocycles. The summed E-state index contributed by atoms with van der Waals surface area (Å²) in [5.74, 6) is -1.27. The molecule has 92 heavy (non-hydrogen) atoms. The van der Waals surface area contributed by atoms with Gasteiger partial charge in [0.1, 0.15) is 19.3 Å². The van der Waals surface area contributed by atoms with Crippen LogP contribution in [0.2, 0.25) is 0 Å². The predicted octanol–water partition coefficient (Wildman–Crippen LogP) is 21.3. The first-order valence-corrected chi connectivity index (χ1v) is 41.2. The number of carbonyl (C=O) groups is 4. The van der Waals surface area contributed by atoms with Crippen LogP contribution in [0, 0.1) is 5.92 Å². The minimum atomic E-state index is -4.95. The lowest BCUT2D eigenvalue weighted by Crippen LogP contribution is -2.30. The fourth-order valence-corrected chi connectivity index (χ4v) is 12.7. The largest absolute Gasteiger partial charge is 0.472 e. The van der Waals surface area contributed by atoms with Gasteiger partial charge in [0.15, 0.2) is 12.2 Å². The second-order valence-corrected chi connectivity index (χ2v) is 29.5. The topological polar surface area (TPSA) is 237 Å². The molecule has 0 rings (SSSR count). The van der Waals surface area contributed by atoms with Crippen molar-refractivity contribution in [1.29, 1.82) is 0 Å². The highest BCUT2D eigenvalue weighted by atomic mass is 31.2. The fraction of sp³-hybridized carbons (Fsp3) is 0.945. The standard InChI is InChI=1S/C73H142O17P2/c1-6-10-13-16-17-18-19-20-21-22-23-24-28-31-34-37-40-43-48-52-57-71(76)84-63-69(90-73(78)59-54-49-44-41-38-35-32-29-26-25-27-30-33-36-39-42-47-50-55-66(5)9-4)65-88-92(81,82)86-61-67(74)60-85-91(79,80)87-64-68(89-72(77)58-53-46-15-12-8-3)62-83-70(75)56-51-45-14-11-7-2/h66-69,74H,6-65H2,1-5H3,(H,79,80)(H,81,82)/t66?,67-,68+,69+/m0/s1. The number of aliphatic hydroxyl groups excluding tert-OH is 1. The maximum atomic E-state index is 13.1. The third-order valence-corrected chi connectivity index (χ3v) is 19.3. The van der Waals surface area contributed by atoms with Crippen LogP contribution in [0.1, 0.15) is 381 Å². The van der Waals surface area contributed by atoms with Gasteiger partial charge in [-0.25, -0.2) is 9.13 Å². The van der Waals surface area contributed by atoms with E-state index in [0.29, 0.717) is 25.7 Å². The van der Waals surface area contributed by atoms with Crippen molar-refractivity contribution in [2.24, 2.45) is 5.92 Å². The molecule has 0 saturated heterocycles. The normalized spacial score (nSPS) is 14.3. The van der Waals surface area contributed by atoms with Crippen molar-refractivity contribution in [3.05, 3.63) is 0 Å². The molecule has 0 aliphatic rings. The molecular weight excluding hydrogens is 1210 g/mol. The second-order valence-electron chi connectivity index (χ2n) is 26.6. The van der Waals surface area contributed by atoms with Gasteiger partial charge >= 0.3 is 39.5 Å². The molecule has 0 aromatic rings. The van der Waals surface area contributed by atoms with E-state index in [0.717, 1.165) is 102 Å². The van der Waals surface area contributed by atoms with E-state index in [9.17, 15) is 43.2 Å². The number of ether oxygens (including phenoxy) is 4. The van der Waals surface area contributed by atoms with Crippen LogP contribution in [-0.4, -0.2) is 96.7 Å². The van der Waals surface area contributed by atoms with Gasteiger partial charge in [-0.05, 0) is 31.6 Å². The van der Waals surface area contributed by atoms with E-state index in [-0.39, 0.29) is 25.7 Å². The highest BCUT2D eigenvalue weighted by Crippen LogP contribution is 2.45. The molecule has 0 aliphatic heterocycles. The predicted molar refractivity (Wildman–Crippen MR) is 372 cm³/mol. The lowest BCUT2D eigenvalue weighted by atomic mass is 9.99. The van der Waals surface area contributed by atoms with Gasteiger partial charge in [-0.2, -0.15) is 0 Å². The minimum absolute atomic E-state index is 0.0992. The average molecular weight is 1350 g/mol. The molecule has 0 aromatic heterocycles. The number of hydrogen-bond donors (Lipinski definition) is 3. The van der Waals surface area contributed by atoms with Gasteiger partial charge < -0.3 is 33.8 Å². The van der Waals surface area contributed by atoms with Crippen molar-refractivity contribution in [3.63, 3.8) is 0 Å². The first kappa shape index (κ1) is 90.1. The molecule has 17 nitrogen and oxygen atoms in total. The van der Waals surface area contributed by atoms with Gasteiger partial charge in [0, 0.05) is 25.7 Å². The summed E-state index contributed by atoms with van der Waals surface area (Å²) in [5, 5.41) is 10.5. The number of rotatable bonds is 73. The van der Waals surface area contributed by atoms with E-state index in [1.54, 1.807) is 0 Å². The van der Waals surface area contributed by atoms with Crippen LogP contribution in [0.3, 0.4) is 0 Å². The van der Waals surface area contributed by atoms with Crippen LogP contribution < -0.4 is 0 Å². The molecule has 3 unspecified atom stereocenters. The Balaban J connectivity index is 5.01. The Morgan fingerprint density at radius 3 is 0.772 bits per heavy atom. The number of carbonyl (C=O) groups excluding carboxylic acids is 4. The summed E-state index contributed by atoms with van der Waals surface area (Å²) >= 11 is 0. The number of phosphoric ester groups is 2. The summed E-state index contributed by atoms with van der Waals surface area (Å²) in [4.78, 5) is 72.0. The summed E-state index contributed by atoms with van der Waals surface area (Å²) in [6, 6.07) is 0. The van der Waals surface area contributed by atoms with Gasteiger partial charge in [-0.15, -0.1) is 0 Å². The van der Waals surface area contributed by atoms with Crippen LogP contribution in [-0.2, 0) is 65.4 Å². The Hall–Kier alpha value is -1.94. The monoisotopic (exact) mass is 1350 g/mol.